The van der Waals surface area contributed by atoms with Gasteiger partial charge in [-0.15, -0.1) is 0 Å². The van der Waals surface area contributed by atoms with Crippen molar-refractivity contribution in [3.05, 3.63) is 42.5 Å². The lowest BCUT2D eigenvalue weighted by Gasteiger charge is -2.17. The molecular weight excluding hydrogens is 311 g/mol. The maximum atomic E-state index is 5.31. The van der Waals surface area contributed by atoms with Crippen molar-refractivity contribution < 1.29 is 4.74 Å². The molecule has 0 fully saturated rings. The summed E-state index contributed by atoms with van der Waals surface area (Å²) in [6, 6.07) is 10.4. The minimum absolute atomic E-state index is 0.309. The molecule has 2 unspecified atom stereocenters. The van der Waals surface area contributed by atoms with Crippen LogP contribution in [0.2, 0.25) is 0 Å². The monoisotopic (exact) mass is 330 g/mol. The number of benzene rings is 1. The molecule has 2 atom stereocenters. The van der Waals surface area contributed by atoms with E-state index in [2.05, 4.69) is 60.4 Å². The molecule has 0 spiro atoms. The van der Waals surface area contributed by atoms with Crippen molar-refractivity contribution in [3.8, 4) is 0 Å². The average Bonchev–Trinajstić information content (AvgIpc) is 2.35. The first-order valence-electron chi connectivity index (χ1n) is 5.55. The molecule has 0 saturated carbocycles. The summed E-state index contributed by atoms with van der Waals surface area (Å²) >= 11 is 2.45. The molecule has 0 aliphatic rings. The van der Waals surface area contributed by atoms with E-state index in [1.54, 1.807) is 7.11 Å². The van der Waals surface area contributed by atoms with Gasteiger partial charge in [-0.05, 0) is 30.9 Å². The Bertz CT molecular complexity index is 321. The van der Waals surface area contributed by atoms with Gasteiger partial charge >= 0.3 is 0 Å². The van der Waals surface area contributed by atoms with E-state index in [0.717, 1.165) is 12.8 Å². The van der Waals surface area contributed by atoms with Crippen LogP contribution in [0.25, 0.3) is 5.57 Å². The molecule has 1 nitrogen and oxygen atoms in total. The van der Waals surface area contributed by atoms with Crippen LogP contribution in [0.15, 0.2) is 36.9 Å². The lowest BCUT2D eigenvalue weighted by Crippen LogP contribution is -2.18. The lowest BCUT2D eigenvalue weighted by atomic mass is 10.0. The third-order valence-corrected chi connectivity index (χ3v) is 4.42. The summed E-state index contributed by atoms with van der Waals surface area (Å²) < 4.78 is 5.86. The van der Waals surface area contributed by atoms with Crippen LogP contribution in [0, 0.1) is 0 Å². The second kappa shape index (κ2) is 7.07. The van der Waals surface area contributed by atoms with E-state index in [1.807, 2.05) is 6.07 Å². The van der Waals surface area contributed by atoms with E-state index in [-0.39, 0.29) is 0 Å². The topological polar surface area (TPSA) is 9.23 Å². The Balaban J connectivity index is 2.42. The smallest absolute Gasteiger partial charge is 0.0660 e. The van der Waals surface area contributed by atoms with Crippen LogP contribution in [0.1, 0.15) is 25.3 Å². The van der Waals surface area contributed by atoms with Gasteiger partial charge < -0.3 is 4.74 Å². The standard InChI is InChI=1S/C14H19IO/c1-11(13-7-5-4-6-8-13)9-10-14(15)12(2)16-3/h4-8,12,14H,1,9-10H2,2-3H3. The average molecular weight is 330 g/mol. The van der Waals surface area contributed by atoms with Crippen molar-refractivity contribution in [3.63, 3.8) is 0 Å². The highest BCUT2D eigenvalue weighted by atomic mass is 127. The van der Waals surface area contributed by atoms with Crippen molar-refractivity contribution >= 4 is 28.2 Å². The molecule has 88 valence electrons. The zero-order valence-electron chi connectivity index (χ0n) is 9.95. The van der Waals surface area contributed by atoms with Gasteiger partial charge in [0.05, 0.1) is 6.10 Å². The predicted molar refractivity (Wildman–Crippen MR) is 79.0 cm³/mol. The third kappa shape index (κ3) is 4.26. The van der Waals surface area contributed by atoms with Gasteiger partial charge in [0.2, 0.25) is 0 Å². The van der Waals surface area contributed by atoms with Crippen LogP contribution in [0.4, 0.5) is 0 Å². The molecule has 2 heteroatoms. The first-order chi connectivity index (χ1) is 7.65. The summed E-state index contributed by atoms with van der Waals surface area (Å²) in [5.41, 5.74) is 2.46. The summed E-state index contributed by atoms with van der Waals surface area (Å²) in [6.07, 6.45) is 2.46. The summed E-state index contributed by atoms with van der Waals surface area (Å²) in [7, 11) is 1.77. The molecule has 1 rings (SSSR count). The molecule has 0 aliphatic carbocycles. The van der Waals surface area contributed by atoms with Crippen LogP contribution in [-0.4, -0.2) is 17.1 Å². The van der Waals surface area contributed by atoms with Gasteiger partial charge in [0, 0.05) is 11.0 Å². The quantitative estimate of drug-likeness (QED) is 0.558. The van der Waals surface area contributed by atoms with Crippen LogP contribution < -0.4 is 0 Å². The van der Waals surface area contributed by atoms with E-state index in [4.69, 9.17) is 4.74 Å². The molecule has 0 aliphatic heterocycles. The fourth-order valence-corrected chi connectivity index (χ4v) is 2.12. The first-order valence-corrected chi connectivity index (χ1v) is 6.79. The Morgan fingerprint density at radius 3 is 2.56 bits per heavy atom. The summed E-state index contributed by atoms with van der Waals surface area (Å²) in [5.74, 6) is 0. The van der Waals surface area contributed by atoms with E-state index in [1.165, 1.54) is 11.1 Å². The maximum Gasteiger partial charge on any atom is 0.0660 e. The number of hydrogen-bond donors (Lipinski definition) is 0. The van der Waals surface area contributed by atoms with Crippen molar-refractivity contribution in [2.45, 2.75) is 29.8 Å². The van der Waals surface area contributed by atoms with Crippen LogP contribution in [0.3, 0.4) is 0 Å². The van der Waals surface area contributed by atoms with Crippen molar-refractivity contribution in [1.82, 2.24) is 0 Å². The summed E-state index contributed by atoms with van der Waals surface area (Å²) in [6.45, 7) is 6.25. The van der Waals surface area contributed by atoms with E-state index in [9.17, 15) is 0 Å². The molecule has 0 aromatic heterocycles. The molecule has 0 saturated heterocycles. The van der Waals surface area contributed by atoms with E-state index in [0.29, 0.717) is 10.0 Å². The zero-order valence-corrected chi connectivity index (χ0v) is 12.1. The second-order valence-electron chi connectivity index (χ2n) is 3.97. The molecule has 0 N–H and O–H groups in total. The minimum Gasteiger partial charge on any atom is -0.381 e. The Hall–Kier alpha value is -0.350. The van der Waals surface area contributed by atoms with E-state index >= 15 is 0 Å². The number of ether oxygens (including phenoxy) is 1. The fraction of sp³-hybridized carbons (Fsp3) is 0.429. The normalized spacial score (nSPS) is 14.4. The molecule has 1 aromatic rings. The Morgan fingerprint density at radius 2 is 2.00 bits per heavy atom. The fourth-order valence-electron chi connectivity index (χ4n) is 1.51. The van der Waals surface area contributed by atoms with Gasteiger partial charge in [0.1, 0.15) is 0 Å². The summed E-state index contributed by atoms with van der Waals surface area (Å²) in [5, 5.41) is 0. The van der Waals surface area contributed by atoms with Gasteiger partial charge in [-0.25, -0.2) is 0 Å². The Labute approximate surface area is 112 Å². The van der Waals surface area contributed by atoms with Gasteiger partial charge in [0.15, 0.2) is 0 Å². The molecule has 0 bridgehead atoms. The lowest BCUT2D eigenvalue weighted by molar-refractivity contribution is 0.118. The maximum absolute atomic E-state index is 5.31. The number of halogens is 1. The predicted octanol–water partition coefficient (Wildman–Crippen LogP) is 4.32. The molecule has 0 heterocycles. The van der Waals surface area contributed by atoms with Crippen molar-refractivity contribution in [2.75, 3.05) is 7.11 Å². The van der Waals surface area contributed by atoms with Crippen molar-refractivity contribution in [1.29, 1.82) is 0 Å². The SMILES string of the molecule is C=C(CCC(I)C(C)OC)c1ccccc1. The number of methoxy groups -OCH3 is 1. The molecule has 16 heavy (non-hydrogen) atoms. The highest BCUT2D eigenvalue weighted by Gasteiger charge is 2.13. The third-order valence-electron chi connectivity index (χ3n) is 2.79. The number of allylic oxidation sites excluding steroid dienone is 1. The Kier molecular flexibility index (Phi) is 6.06. The van der Waals surface area contributed by atoms with Gasteiger partial charge in [-0.2, -0.15) is 0 Å². The highest BCUT2D eigenvalue weighted by Crippen LogP contribution is 2.23. The highest BCUT2D eigenvalue weighted by molar-refractivity contribution is 14.1. The molecule has 0 radical (unpaired) electrons. The zero-order chi connectivity index (χ0) is 12.0. The van der Waals surface area contributed by atoms with Crippen LogP contribution >= 0.6 is 22.6 Å². The molecule has 1 aromatic carbocycles. The van der Waals surface area contributed by atoms with Gasteiger partial charge in [-0.1, -0.05) is 59.5 Å². The van der Waals surface area contributed by atoms with Gasteiger partial charge in [0.25, 0.3) is 0 Å². The second-order valence-corrected chi connectivity index (χ2v) is 5.57. The first kappa shape index (κ1) is 13.7. The van der Waals surface area contributed by atoms with Crippen LogP contribution in [-0.2, 0) is 4.74 Å². The molecule has 0 amide bonds. The summed E-state index contributed by atoms with van der Waals surface area (Å²) in [4.78, 5) is 0. The van der Waals surface area contributed by atoms with E-state index < -0.39 is 0 Å². The van der Waals surface area contributed by atoms with Crippen molar-refractivity contribution in [2.24, 2.45) is 0 Å². The largest absolute Gasteiger partial charge is 0.381 e. The minimum atomic E-state index is 0.309. The molecular formula is C14H19IO. The Morgan fingerprint density at radius 1 is 1.38 bits per heavy atom. The number of rotatable bonds is 6. The van der Waals surface area contributed by atoms with Gasteiger partial charge in [-0.3, -0.25) is 0 Å². The number of hydrogen-bond acceptors (Lipinski definition) is 1. The van der Waals surface area contributed by atoms with Crippen LogP contribution in [0.5, 0.6) is 0 Å². The number of alkyl halides is 1.